The van der Waals surface area contributed by atoms with E-state index in [-0.39, 0.29) is 0 Å². The summed E-state index contributed by atoms with van der Waals surface area (Å²) in [6.07, 6.45) is 0. The molecule has 2 aromatic carbocycles. The molecule has 1 heterocycles. The molecule has 0 aliphatic carbocycles. The second kappa shape index (κ2) is 8.47. The number of methoxy groups -OCH3 is 3. The van der Waals surface area contributed by atoms with E-state index in [9.17, 15) is 4.79 Å². The fourth-order valence-electron chi connectivity index (χ4n) is 2.84. The number of primary amides is 1. The molecule has 0 saturated heterocycles. The van der Waals surface area contributed by atoms with Gasteiger partial charge < -0.3 is 25.3 Å². The van der Waals surface area contributed by atoms with Crippen LogP contribution in [0.4, 0.5) is 11.5 Å². The number of nitrogens with zero attached hydrogens (tertiary/aromatic N) is 2. The van der Waals surface area contributed by atoms with Crippen molar-refractivity contribution in [2.45, 2.75) is 6.92 Å². The highest BCUT2D eigenvalue weighted by Gasteiger charge is 2.16. The number of benzene rings is 2. The zero-order valence-corrected chi connectivity index (χ0v) is 16.6. The van der Waals surface area contributed by atoms with Crippen LogP contribution in [0.1, 0.15) is 16.1 Å². The molecule has 0 unspecified atom stereocenters. The van der Waals surface area contributed by atoms with Gasteiger partial charge in [-0.05, 0) is 43.3 Å². The number of carbonyl (C=O) groups is 1. The molecule has 0 bridgehead atoms. The minimum absolute atomic E-state index is 0.438. The molecular weight excluding hydrogens is 372 g/mol. The largest absolute Gasteiger partial charge is 0.493 e. The quantitative estimate of drug-likeness (QED) is 0.633. The lowest BCUT2D eigenvalue weighted by atomic mass is 10.1. The molecule has 0 spiro atoms. The van der Waals surface area contributed by atoms with E-state index in [0.29, 0.717) is 34.5 Å². The molecule has 0 aliphatic rings. The number of aromatic nitrogens is 2. The van der Waals surface area contributed by atoms with Crippen LogP contribution in [-0.2, 0) is 0 Å². The lowest BCUT2D eigenvalue weighted by Gasteiger charge is -2.14. The molecule has 0 saturated carbocycles. The second-order valence-electron chi connectivity index (χ2n) is 6.20. The smallest absolute Gasteiger partial charge is 0.248 e. The van der Waals surface area contributed by atoms with Crippen LogP contribution in [0.15, 0.2) is 42.5 Å². The van der Waals surface area contributed by atoms with E-state index in [2.05, 4.69) is 15.3 Å². The van der Waals surface area contributed by atoms with Crippen molar-refractivity contribution in [3.8, 4) is 28.6 Å². The van der Waals surface area contributed by atoms with Crippen molar-refractivity contribution in [1.29, 1.82) is 0 Å². The SMILES string of the molecule is COc1cc(-c2nc(C)cc(Nc3ccc(C(N)=O)cc3)n2)cc(OC)c1OC. The van der Waals surface area contributed by atoms with E-state index in [1.54, 1.807) is 57.7 Å². The van der Waals surface area contributed by atoms with Gasteiger partial charge in [0.1, 0.15) is 5.82 Å². The van der Waals surface area contributed by atoms with Crippen LogP contribution in [-0.4, -0.2) is 37.2 Å². The van der Waals surface area contributed by atoms with Crippen LogP contribution >= 0.6 is 0 Å². The van der Waals surface area contributed by atoms with Crippen LogP contribution in [0.2, 0.25) is 0 Å². The molecule has 0 fully saturated rings. The Balaban J connectivity index is 1.98. The van der Waals surface area contributed by atoms with Crippen LogP contribution in [0.5, 0.6) is 17.2 Å². The average molecular weight is 394 g/mol. The first-order valence-corrected chi connectivity index (χ1v) is 8.78. The highest BCUT2D eigenvalue weighted by Crippen LogP contribution is 2.40. The highest BCUT2D eigenvalue weighted by atomic mass is 16.5. The monoisotopic (exact) mass is 394 g/mol. The van der Waals surface area contributed by atoms with Gasteiger partial charge in [0.2, 0.25) is 11.7 Å². The van der Waals surface area contributed by atoms with E-state index in [0.717, 1.165) is 16.9 Å². The third kappa shape index (κ3) is 4.37. The minimum Gasteiger partial charge on any atom is -0.493 e. The normalized spacial score (nSPS) is 10.3. The van der Waals surface area contributed by atoms with Crippen molar-refractivity contribution < 1.29 is 19.0 Å². The summed E-state index contributed by atoms with van der Waals surface area (Å²) in [5.74, 6) is 2.17. The standard InChI is InChI=1S/C21H22N4O4/c1-12-9-18(24-15-7-5-13(6-8-15)20(22)26)25-21(23-12)14-10-16(27-2)19(29-4)17(11-14)28-3/h5-11H,1-4H3,(H2,22,26)(H,23,24,25). The van der Waals surface area contributed by atoms with Gasteiger partial charge in [-0.2, -0.15) is 0 Å². The second-order valence-corrected chi connectivity index (χ2v) is 6.20. The lowest BCUT2D eigenvalue weighted by molar-refractivity contribution is 0.100. The number of aryl methyl sites for hydroxylation is 1. The summed E-state index contributed by atoms with van der Waals surface area (Å²) < 4.78 is 16.2. The van der Waals surface area contributed by atoms with Gasteiger partial charge in [0.05, 0.1) is 21.3 Å². The molecule has 150 valence electrons. The van der Waals surface area contributed by atoms with Crippen molar-refractivity contribution in [3.05, 3.63) is 53.7 Å². The maximum Gasteiger partial charge on any atom is 0.248 e. The van der Waals surface area contributed by atoms with Gasteiger partial charge in [-0.3, -0.25) is 4.79 Å². The molecule has 1 aromatic heterocycles. The van der Waals surface area contributed by atoms with Crippen molar-refractivity contribution in [3.63, 3.8) is 0 Å². The maximum atomic E-state index is 11.2. The van der Waals surface area contributed by atoms with E-state index >= 15 is 0 Å². The molecule has 8 heteroatoms. The van der Waals surface area contributed by atoms with Gasteiger partial charge in [0, 0.05) is 28.6 Å². The zero-order chi connectivity index (χ0) is 21.0. The molecule has 0 radical (unpaired) electrons. The Hall–Kier alpha value is -3.81. The Morgan fingerprint density at radius 1 is 0.931 bits per heavy atom. The Morgan fingerprint density at radius 2 is 1.55 bits per heavy atom. The van der Waals surface area contributed by atoms with Crippen molar-refractivity contribution in [2.75, 3.05) is 26.6 Å². The van der Waals surface area contributed by atoms with Crippen LogP contribution in [0.25, 0.3) is 11.4 Å². The van der Waals surface area contributed by atoms with Gasteiger partial charge in [-0.1, -0.05) is 0 Å². The van der Waals surface area contributed by atoms with Gasteiger partial charge in [0.25, 0.3) is 0 Å². The first-order valence-electron chi connectivity index (χ1n) is 8.78. The molecule has 0 aliphatic heterocycles. The van der Waals surface area contributed by atoms with E-state index < -0.39 is 5.91 Å². The Kier molecular flexibility index (Phi) is 5.82. The maximum absolute atomic E-state index is 11.2. The molecule has 3 rings (SSSR count). The average Bonchev–Trinajstić information content (AvgIpc) is 2.72. The number of hydrogen-bond donors (Lipinski definition) is 2. The molecular formula is C21H22N4O4. The topological polar surface area (TPSA) is 109 Å². The predicted octanol–water partition coefficient (Wildman–Crippen LogP) is 3.32. The molecule has 3 N–H and O–H groups in total. The van der Waals surface area contributed by atoms with E-state index in [1.807, 2.05) is 13.0 Å². The van der Waals surface area contributed by atoms with Gasteiger partial charge >= 0.3 is 0 Å². The van der Waals surface area contributed by atoms with E-state index in [4.69, 9.17) is 19.9 Å². The van der Waals surface area contributed by atoms with Crippen LogP contribution in [0.3, 0.4) is 0 Å². The predicted molar refractivity (Wildman–Crippen MR) is 110 cm³/mol. The number of anilines is 2. The number of nitrogens with two attached hydrogens (primary N) is 1. The fraction of sp³-hybridized carbons (Fsp3) is 0.190. The Labute approximate surface area is 168 Å². The number of carbonyl (C=O) groups excluding carboxylic acids is 1. The highest BCUT2D eigenvalue weighted by molar-refractivity contribution is 5.93. The Bertz CT molecular complexity index is 1010. The van der Waals surface area contributed by atoms with Crippen molar-refractivity contribution in [2.24, 2.45) is 5.73 Å². The summed E-state index contributed by atoms with van der Waals surface area (Å²) in [5, 5.41) is 3.21. The summed E-state index contributed by atoms with van der Waals surface area (Å²) in [6, 6.07) is 12.2. The number of rotatable bonds is 7. The van der Waals surface area contributed by atoms with Crippen molar-refractivity contribution >= 4 is 17.4 Å². The summed E-state index contributed by atoms with van der Waals surface area (Å²) in [5.41, 5.74) is 7.98. The molecule has 8 nitrogen and oxygen atoms in total. The van der Waals surface area contributed by atoms with Crippen LogP contribution < -0.4 is 25.3 Å². The molecule has 0 atom stereocenters. The minimum atomic E-state index is -0.473. The van der Waals surface area contributed by atoms with Gasteiger partial charge in [0.15, 0.2) is 17.3 Å². The number of amides is 1. The first-order chi connectivity index (χ1) is 13.9. The zero-order valence-electron chi connectivity index (χ0n) is 16.6. The summed E-state index contributed by atoms with van der Waals surface area (Å²) in [4.78, 5) is 20.3. The third-order valence-electron chi connectivity index (χ3n) is 4.22. The molecule has 29 heavy (non-hydrogen) atoms. The number of hydrogen-bond acceptors (Lipinski definition) is 7. The molecule has 1 amide bonds. The van der Waals surface area contributed by atoms with Gasteiger partial charge in [-0.25, -0.2) is 9.97 Å². The number of ether oxygens (including phenoxy) is 3. The number of nitrogens with one attached hydrogen (secondary N) is 1. The lowest BCUT2D eigenvalue weighted by Crippen LogP contribution is -2.10. The van der Waals surface area contributed by atoms with Gasteiger partial charge in [-0.15, -0.1) is 0 Å². The fourth-order valence-corrected chi connectivity index (χ4v) is 2.84. The van der Waals surface area contributed by atoms with Crippen molar-refractivity contribution in [1.82, 2.24) is 9.97 Å². The first kappa shape index (κ1) is 19.9. The van der Waals surface area contributed by atoms with Crippen LogP contribution in [0, 0.1) is 6.92 Å². The third-order valence-corrected chi connectivity index (χ3v) is 4.22. The molecule has 3 aromatic rings. The van der Waals surface area contributed by atoms with E-state index in [1.165, 1.54) is 0 Å². The summed E-state index contributed by atoms with van der Waals surface area (Å²) in [6.45, 7) is 1.88. The Morgan fingerprint density at radius 3 is 2.07 bits per heavy atom. The summed E-state index contributed by atoms with van der Waals surface area (Å²) in [7, 11) is 4.66. The summed E-state index contributed by atoms with van der Waals surface area (Å²) >= 11 is 0.